The van der Waals surface area contributed by atoms with Crippen molar-refractivity contribution in [2.45, 2.75) is 19.8 Å². The lowest BCUT2D eigenvalue weighted by Gasteiger charge is -2.21. The van der Waals surface area contributed by atoms with Gasteiger partial charge >= 0.3 is 0 Å². The Morgan fingerprint density at radius 3 is 2.22 bits per heavy atom. The zero-order valence-corrected chi connectivity index (χ0v) is 12.2. The number of rotatable bonds is 7. The quantitative estimate of drug-likeness (QED) is 0.699. The molecule has 0 aromatic heterocycles. The summed E-state index contributed by atoms with van der Waals surface area (Å²) in [6.07, 6.45) is 1.83. The topological polar surface area (TPSA) is 60.9 Å². The van der Waals surface area contributed by atoms with E-state index in [4.69, 9.17) is 5.11 Å². The van der Waals surface area contributed by atoms with Crippen LogP contribution in [0.2, 0.25) is 0 Å². The van der Waals surface area contributed by atoms with Gasteiger partial charge < -0.3 is 10.0 Å². The second-order valence-corrected chi connectivity index (χ2v) is 7.32. The van der Waals surface area contributed by atoms with Gasteiger partial charge in [-0.2, -0.15) is 0 Å². The highest BCUT2D eigenvalue weighted by molar-refractivity contribution is 7.91. The van der Waals surface area contributed by atoms with Gasteiger partial charge in [-0.25, -0.2) is 8.42 Å². The zero-order chi connectivity index (χ0) is 13.4. The van der Waals surface area contributed by atoms with Crippen LogP contribution in [0.5, 0.6) is 0 Å². The van der Waals surface area contributed by atoms with Crippen molar-refractivity contribution in [1.29, 1.82) is 0 Å². The van der Waals surface area contributed by atoms with Gasteiger partial charge in [-0.15, -0.1) is 0 Å². The molecule has 1 aliphatic heterocycles. The summed E-state index contributed by atoms with van der Waals surface area (Å²) < 4.78 is 22.8. The van der Waals surface area contributed by atoms with Gasteiger partial charge in [-0.3, -0.25) is 4.90 Å². The van der Waals surface area contributed by atoms with Crippen LogP contribution in [0.3, 0.4) is 0 Å². The fraction of sp³-hybridized carbons (Fsp3) is 1.00. The van der Waals surface area contributed by atoms with E-state index in [2.05, 4.69) is 9.80 Å². The molecule has 0 bridgehead atoms. The van der Waals surface area contributed by atoms with Crippen LogP contribution >= 0.6 is 0 Å². The molecule has 108 valence electrons. The van der Waals surface area contributed by atoms with Crippen LogP contribution in [-0.4, -0.2) is 80.7 Å². The van der Waals surface area contributed by atoms with E-state index in [1.807, 2.05) is 0 Å². The van der Waals surface area contributed by atoms with E-state index in [9.17, 15) is 8.42 Å². The zero-order valence-electron chi connectivity index (χ0n) is 11.3. The first-order valence-electron chi connectivity index (χ1n) is 6.83. The lowest BCUT2D eigenvalue weighted by molar-refractivity contribution is 0.197. The van der Waals surface area contributed by atoms with E-state index < -0.39 is 9.84 Å². The first-order valence-corrected chi connectivity index (χ1v) is 8.65. The Morgan fingerprint density at radius 1 is 1.06 bits per heavy atom. The average molecular weight is 278 g/mol. The monoisotopic (exact) mass is 278 g/mol. The van der Waals surface area contributed by atoms with Crippen LogP contribution in [0.25, 0.3) is 0 Å². The summed E-state index contributed by atoms with van der Waals surface area (Å²) >= 11 is 0. The largest absolute Gasteiger partial charge is 0.395 e. The van der Waals surface area contributed by atoms with Crippen molar-refractivity contribution in [3.8, 4) is 0 Å². The van der Waals surface area contributed by atoms with Crippen molar-refractivity contribution in [2.75, 3.05) is 57.4 Å². The fourth-order valence-electron chi connectivity index (χ4n) is 2.27. The van der Waals surface area contributed by atoms with Crippen molar-refractivity contribution in [2.24, 2.45) is 0 Å². The van der Waals surface area contributed by atoms with Gasteiger partial charge in [0.2, 0.25) is 0 Å². The maximum atomic E-state index is 11.4. The van der Waals surface area contributed by atoms with Crippen LogP contribution in [0.15, 0.2) is 0 Å². The van der Waals surface area contributed by atoms with Crippen LogP contribution < -0.4 is 0 Å². The lowest BCUT2D eigenvalue weighted by atomic mass is 10.3. The van der Waals surface area contributed by atoms with Crippen molar-refractivity contribution in [3.05, 3.63) is 0 Å². The summed E-state index contributed by atoms with van der Waals surface area (Å²) in [5.41, 5.74) is 0. The number of aliphatic hydroxyl groups excluding tert-OH is 1. The number of aliphatic hydroxyl groups is 1. The summed E-state index contributed by atoms with van der Waals surface area (Å²) in [6, 6.07) is 0. The molecular formula is C12H26N2O3S. The Labute approximate surface area is 111 Å². The third-order valence-corrected chi connectivity index (χ3v) is 5.26. The molecule has 1 N–H and O–H groups in total. The molecule has 6 heteroatoms. The molecule has 5 nitrogen and oxygen atoms in total. The van der Waals surface area contributed by atoms with Crippen LogP contribution in [0.4, 0.5) is 0 Å². The molecule has 1 rings (SSSR count). The van der Waals surface area contributed by atoms with Gasteiger partial charge in [0.1, 0.15) is 9.84 Å². The molecular weight excluding hydrogens is 252 g/mol. The van der Waals surface area contributed by atoms with Gasteiger partial charge in [-0.05, 0) is 32.5 Å². The van der Waals surface area contributed by atoms with Gasteiger partial charge in [0.25, 0.3) is 0 Å². The standard InChI is InChI=1S/C12H26N2O3S/c1-2-18(16,17)12-4-7-13-5-3-6-14(9-8-13)10-11-15/h15H,2-12H2,1H3. The van der Waals surface area contributed by atoms with E-state index in [0.717, 1.165) is 52.1 Å². The van der Waals surface area contributed by atoms with Gasteiger partial charge in [0.15, 0.2) is 0 Å². The molecule has 0 atom stereocenters. The minimum Gasteiger partial charge on any atom is -0.395 e. The van der Waals surface area contributed by atoms with E-state index in [0.29, 0.717) is 5.75 Å². The maximum Gasteiger partial charge on any atom is 0.150 e. The third kappa shape index (κ3) is 6.13. The molecule has 0 unspecified atom stereocenters. The van der Waals surface area contributed by atoms with Crippen LogP contribution in [0.1, 0.15) is 19.8 Å². The molecule has 18 heavy (non-hydrogen) atoms. The second kappa shape index (κ2) is 8.09. The lowest BCUT2D eigenvalue weighted by Crippen LogP contribution is -2.33. The Hall–Kier alpha value is -0.170. The number of β-amino-alcohol motifs (C(OH)–C–C–N with tert-alkyl or cyclic N) is 1. The highest BCUT2D eigenvalue weighted by atomic mass is 32.2. The summed E-state index contributed by atoms with van der Waals surface area (Å²) in [6.45, 7) is 7.55. The molecule has 0 saturated carbocycles. The summed E-state index contributed by atoms with van der Waals surface area (Å²) in [4.78, 5) is 4.60. The van der Waals surface area contributed by atoms with Gasteiger partial charge in [0, 0.05) is 25.4 Å². The SMILES string of the molecule is CCS(=O)(=O)CCCN1CCCN(CCO)CC1. The molecule has 0 aliphatic carbocycles. The molecule has 0 aromatic carbocycles. The first-order chi connectivity index (χ1) is 8.57. The van der Waals surface area contributed by atoms with E-state index in [-0.39, 0.29) is 12.4 Å². The van der Waals surface area contributed by atoms with Gasteiger partial charge in [0.05, 0.1) is 12.4 Å². The van der Waals surface area contributed by atoms with Crippen LogP contribution in [0, 0.1) is 0 Å². The summed E-state index contributed by atoms with van der Waals surface area (Å²) in [5.74, 6) is 0.553. The normalized spacial score (nSPS) is 19.9. The van der Waals surface area contributed by atoms with Crippen molar-refractivity contribution < 1.29 is 13.5 Å². The van der Waals surface area contributed by atoms with Crippen LogP contribution in [-0.2, 0) is 9.84 Å². The molecule has 0 aromatic rings. The third-order valence-electron chi connectivity index (χ3n) is 3.47. The Morgan fingerprint density at radius 2 is 1.67 bits per heavy atom. The molecule has 1 saturated heterocycles. The molecule has 1 aliphatic rings. The average Bonchev–Trinajstić information content (AvgIpc) is 2.56. The van der Waals surface area contributed by atoms with E-state index in [1.54, 1.807) is 6.92 Å². The highest BCUT2D eigenvalue weighted by Gasteiger charge is 2.15. The molecule has 0 amide bonds. The Bertz CT molecular complexity index is 319. The molecule has 1 heterocycles. The van der Waals surface area contributed by atoms with Crippen molar-refractivity contribution >= 4 is 9.84 Å². The predicted octanol–water partition coefficient (Wildman–Crippen LogP) is -0.189. The number of nitrogens with zero attached hydrogens (tertiary/aromatic N) is 2. The predicted molar refractivity (Wildman–Crippen MR) is 73.5 cm³/mol. The number of hydrogen-bond donors (Lipinski definition) is 1. The molecule has 0 radical (unpaired) electrons. The molecule has 1 fully saturated rings. The Kier molecular flexibility index (Phi) is 7.14. The number of hydrogen-bond acceptors (Lipinski definition) is 5. The van der Waals surface area contributed by atoms with Gasteiger partial charge in [-0.1, -0.05) is 6.92 Å². The summed E-state index contributed by atoms with van der Waals surface area (Å²) in [5, 5.41) is 8.91. The minimum absolute atomic E-state index is 0.217. The Balaban J connectivity index is 2.23. The van der Waals surface area contributed by atoms with Crippen molar-refractivity contribution in [3.63, 3.8) is 0 Å². The smallest absolute Gasteiger partial charge is 0.150 e. The van der Waals surface area contributed by atoms with E-state index in [1.165, 1.54) is 0 Å². The fourth-order valence-corrected chi connectivity index (χ4v) is 3.12. The van der Waals surface area contributed by atoms with E-state index >= 15 is 0 Å². The maximum absolute atomic E-state index is 11.4. The highest BCUT2D eigenvalue weighted by Crippen LogP contribution is 2.04. The summed E-state index contributed by atoms with van der Waals surface area (Å²) in [7, 11) is -2.82. The first kappa shape index (κ1) is 15.9. The minimum atomic E-state index is -2.82. The second-order valence-electron chi connectivity index (χ2n) is 4.85. The molecule has 0 spiro atoms. The number of sulfone groups is 1. The van der Waals surface area contributed by atoms with Crippen molar-refractivity contribution in [1.82, 2.24) is 9.80 Å².